The maximum absolute atomic E-state index is 11.3. The topological polar surface area (TPSA) is 80.7 Å². The molecule has 0 fully saturated rings. The fraction of sp³-hybridized carbons (Fsp3) is 0.250. The summed E-state index contributed by atoms with van der Waals surface area (Å²) in [5.41, 5.74) is 0.175. The molecule has 0 radical (unpaired) electrons. The molecule has 0 spiro atoms. The second-order valence-electron chi connectivity index (χ2n) is 3.75. The number of ether oxygens (including phenoxy) is 1. The van der Waals surface area contributed by atoms with E-state index in [1.54, 1.807) is 12.1 Å². The average molecular weight is 270 g/mol. The Morgan fingerprint density at radius 1 is 1.44 bits per heavy atom. The Morgan fingerprint density at radius 3 is 2.67 bits per heavy atom. The van der Waals surface area contributed by atoms with E-state index in [2.05, 4.69) is 0 Å². The highest BCUT2D eigenvalue weighted by atomic mass is 32.2. The van der Waals surface area contributed by atoms with Crippen LogP contribution in [-0.4, -0.2) is 32.4 Å². The molecule has 1 rings (SSSR count). The lowest BCUT2D eigenvalue weighted by Gasteiger charge is -2.05. The summed E-state index contributed by atoms with van der Waals surface area (Å²) in [4.78, 5) is 10.7. The summed E-state index contributed by atoms with van der Waals surface area (Å²) in [6.07, 6.45) is 2.52. The summed E-state index contributed by atoms with van der Waals surface area (Å²) in [7, 11) is -3.27. The number of carbonyl (C=O) groups is 1. The Hall–Kier alpha value is -1.82. The van der Waals surface area contributed by atoms with E-state index in [-0.39, 0.29) is 17.1 Å². The molecule has 0 saturated heterocycles. The van der Waals surface area contributed by atoms with Gasteiger partial charge in [0.25, 0.3) is 0 Å². The number of carboxylic acids is 1. The Bertz CT molecular complexity index is 572. The van der Waals surface area contributed by atoms with Gasteiger partial charge in [0, 0.05) is 11.8 Å². The smallest absolute Gasteiger partial charge is 0.331 e. The largest absolute Gasteiger partial charge is 0.489 e. The van der Waals surface area contributed by atoms with Crippen molar-refractivity contribution >= 4 is 15.8 Å². The van der Waals surface area contributed by atoms with Gasteiger partial charge < -0.3 is 9.84 Å². The van der Waals surface area contributed by atoms with Gasteiger partial charge in [0.1, 0.15) is 12.4 Å². The van der Waals surface area contributed by atoms with Crippen molar-refractivity contribution in [2.24, 2.45) is 0 Å². The van der Waals surface area contributed by atoms with Crippen LogP contribution in [-0.2, 0) is 14.6 Å². The molecule has 0 saturated carbocycles. The summed E-state index contributed by atoms with van der Waals surface area (Å²) in [6.45, 7) is 1.53. The minimum absolute atomic E-state index is 0.0748. The molecule has 0 aliphatic rings. The SMILES string of the molecule is CC(=CCOc1cccc(S(C)(=O)=O)c1)C(=O)O. The van der Waals surface area contributed by atoms with Gasteiger partial charge in [-0.25, -0.2) is 13.2 Å². The third-order valence-electron chi connectivity index (χ3n) is 2.21. The first-order valence-electron chi connectivity index (χ1n) is 5.13. The highest BCUT2D eigenvalue weighted by Crippen LogP contribution is 2.17. The molecule has 1 N–H and O–H groups in total. The van der Waals surface area contributed by atoms with E-state index < -0.39 is 15.8 Å². The quantitative estimate of drug-likeness (QED) is 0.820. The molecule has 0 aromatic heterocycles. The molecular formula is C12H14O5S. The average Bonchev–Trinajstić information content (AvgIpc) is 2.28. The van der Waals surface area contributed by atoms with Crippen molar-refractivity contribution in [3.63, 3.8) is 0 Å². The van der Waals surface area contributed by atoms with Gasteiger partial charge in [0.15, 0.2) is 9.84 Å². The molecule has 0 unspecified atom stereocenters. The van der Waals surface area contributed by atoms with Crippen LogP contribution in [0.25, 0.3) is 0 Å². The van der Waals surface area contributed by atoms with Crippen LogP contribution in [0, 0.1) is 0 Å². The van der Waals surface area contributed by atoms with Gasteiger partial charge in [-0.15, -0.1) is 0 Å². The van der Waals surface area contributed by atoms with Crippen LogP contribution < -0.4 is 4.74 Å². The molecular weight excluding hydrogens is 256 g/mol. The number of rotatable bonds is 5. The molecule has 6 heteroatoms. The molecule has 0 amide bonds. The molecule has 0 aliphatic heterocycles. The van der Waals surface area contributed by atoms with Gasteiger partial charge in [-0.2, -0.15) is 0 Å². The number of carboxylic acid groups (broad SMARTS) is 1. The van der Waals surface area contributed by atoms with Crippen LogP contribution in [0.15, 0.2) is 40.8 Å². The van der Waals surface area contributed by atoms with E-state index in [0.717, 1.165) is 6.26 Å². The minimum Gasteiger partial charge on any atom is -0.489 e. The minimum atomic E-state index is -3.27. The normalized spacial score (nSPS) is 12.2. The van der Waals surface area contributed by atoms with Gasteiger partial charge in [0.2, 0.25) is 0 Å². The van der Waals surface area contributed by atoms with Crippen molar-refractivity contribution in [1.29, 1.82) is 0 Å². The molecule has 0 bridgehead atoms. The van der Waals surface area contributed by atoms with Crippen LogP contribution in [0.5, 0.6) is 5.75 Å². The predicted molar refractivity (Wildman–Crippen MR) is 66.4 cm³/mol. The molecule has 1 aromatic rings. The predicted octanol–water partition coefficient (Wildman–Crippen LogP) is 1.50. The summed E-state index contributed by atoms with van der Waals surface area (Å²) in [6, 6.07) is 6.05. The maximum atomic E-state index is 11.3. The molecule has 1 aromatic carbocycles. The second-order valence-corrected chi connectivity index (χ2v) is 5.77. The molecule has 0 atom stereocenters. The summed E-state index contributed by atoms with van der Waals surface area (Å²) in [5, 5.41) is 8.63. The van der Waals surface area contributed by atoms with Gasteiger partial charge in [-0.3, -0.25) is 0 Å². The number of sulfone groups is 1. The van der Waals surface area contributed by atoms with E-state index in [0.29, 0.717) is 5.75 Å². The van der Waals surface area contributed by atoms with Crippen molar-refractivity contribution in [2.45, 2.75) is 11.8 Å². The number of hydrogen-bond donors (Lipinski definition) is 1. The summed E-state index contributed by atoms with van der Waals surface area (Å²) >= 11 is 0. The van der Waals surface area contributed by atoms with Crippen molar-refractivity contribution < 1.29 is 23.1 Å². The van der Waals surface area contributed by atoms with Crippen molar-refractivity contribution in [3.05, 3.63) is 35.9 Å². The van der Waals surface area contributed by atoms with Crippen LogP contribution in [0.3, 0.4) is 0 Å². The van der Waals surface area contributed by atoms with E-state index in [1.165, 1.54) is 25.1 Å². The zero-order chi connectivity index (χ0) is 13.8. The highest BCUT2D eigenvalue weighted by Gasteiger charge is 2.07. The van der Waals surface area contributed by atoms with E-state index in [9.17, 15) is 13.2 Å². The van der Waals surface area contributed by atoms with Crippen LogP contribution in [0.1, 0.15) is 6.92 Å². The molecule has 18 heavy (non-hydrogen) atoms. The van der Waals surface area contributed by atoms with Gasteiger partial charge in [0.05, 0.1) is 4.90 Å². The van der Waals surface area contributed by atoms with Gasteiger partial charge >= 0.3 is 5.97 Å². The fourth-order valence-corrected chi connectivity index (χ4v) is 1.80. The lowest BCUT2D eigenvalue weighted by molar-refractivity contribution is -0.132. The van der Waals surface area contributed by atoms with Crippen LogP contribution in [0.4, 0.5) is 0 Å². The fourth-order valence-electron chi connectivity index (χ4n) is 1.14. The van der Waals surface area contributed by atoms with E-state index in [1.807, 2.05) is 0 Å². The first kappa shape index (κ1) is 14.2. The van der Waals surface area contributed by atoms with Crippen molar-refractivity contribution in [3.8, 4) is 5.75 Å². The van der Waals surface area contributed by atoms with Crippen molar-refractivity contribution in [1.82, 2.24) is 0 Å². The third-order valence-corrected chi connectivity index (χ3v) is 3.32. The number of aliphatic carboxylic acids is 1. The summed E-state index contributed by atoms with van der Waals surface area (Å²) in [5.74, 6) is -0.629. The van der Waals surface area contributed by atoms with Crippen LogP contribution in [0.2, 0.25) is 0 Å². The molecule has 5 nitrogen and oxygen atoms in total. The standard InChI is InChI=1S/C12H14O5S/c1-9(12(13)14)6-7-17-10-4-3-5-11(8-10)18(2,15)16/h3-6,8H,7H2,1-2H3,(H,13,14). The molecule has 0 heterocycles. The van der Waals surface area contributed by atoms with Gasteiger partial charge in [-0.05, 0) is 31.2 Å². The zero-order valence-corrected chi connectivity index (χ0v) is 10.9. The lowest BCUT2D eigenvalue weighted by atomic mass is 10.3. The molecule has 98 valence electrons. The first-order chi connectivity index (χ1) is 8.30. The summed E-state index contributed by atoms with van der Waals surface area (Å²) < 4.78 is 27.9. The second kappa shape index (κ2) is 5.68. The Kier molecular flexibility index (Phi) is 4.49. The molecule has 0 aliphatic carbocycles. The third kappa shape index (κ3) is 4.21. The van der Waals surface area contributed by atoms with Crippen molar-refractivity contribution in [2.75, 3.05) is 12.9 Å². The van der Waals surface area contributed by atoms with E-state index >= 15 is 0 Å². The first-order valence-corrected chi connectivity index (χ1v) is 7.03. The van der Waals surface area contributed by atoms with E-state index in [4.69, 9.17) is 9.84 Å². The van der Waals surface area contributed by atoms with Gasteiger partial charge in [-0.1, -0.05) is 6.07 Å². The number of hydrogen-bond acceptors (Lipinski definition) is 4. The van der Waals surface area contributed by atoms with Crippen LogP contribution >= 0.6 is 0 Å². The number of benzene rings is 1. The Morgan fingerprint density at radius 2 is 2.11 bits per heavy atom. The zero-order valence-electron chi connectivity index (χ0n) is 10.1. The monoisotopic (exact) mass is 270 g/mol. The maximum Gasteiger partial charge on any atom is 0.331 e. The Balaban J connectivity index is 2.76. The lowest BCUT2D eigenvalue weighted by Crippen LogP contribution is -2.02. The Labute approximate surface area is 106 Å². The highest BCUT2D eigenvalue weighted by molar-refractivity contribution is 7.90.